The number of hydrogen-bond donors (Lipinski definition) is 3. The van der Waals surface area contributed by atoms with Crippen LogP contribution >= 0.6 is 0 Å². The van der Waals surface area contributed by atoms with Gasteiger partial charge in [-0.15, -0.1) is 0 Å². The van der Waals surface area contributed by atoms with Crippen molar-refractivity contribution in [2.24, 2.45) is 0 Å². The van der Waals surface area contributed by atoms with Gasteiger partial charge < -0.3 is 10.2 Å². The number of hydrogen-bond acceptors (Lipinski definition) is 6. The van der Waals surface area contributed by atoms with Crippen molar-refractivity contribution in [3.8, 4) is 0 Å². The van der Waals surface area contributed by atoms with E-state index in [9.17, 15) is 22.4 Å². The van der Waals surface area contributed by atoms with E-state index in [-0.39, 0.29) is 30.0 Å². The van der Waals surface area contributed by atoms with Crippen molar-refractivity contribution >= 4 is 27.3 Å². The summed E-state index contributed by atoms with van der Waals surface area (Å²) in [5, 5.41) is 10.4. The highest BCUT2D eigenvalue weighted by molar-refractivity contribution is 7.92. The molecule has 2 aromatic rings. The number of hydroxylamine groups is 1. The molecular formula is C20H22FN3O5S. The topological polar surface area (TPSA) is 116 Å². The molecule has 30 heavy (non-hydrogen) atoms. The first-order valence-electron chi connectivity index (χ1n) is 9.34. The third kappa shape index (κ3) is 4.44. The van der Waals surface area contributed by atoms with Gasteiger partial charge >= 0.3 is 0 Å². The van der Waals surface area contributed by atoms with Crippen molar-refractivity contribution < 1.29 is 27.6 Å². The predicted octanol–water partition coefficient (Wildman–Crippen LogP) is 1.63. The van der Waals surface area contributed by atoms with Crippen LogP contribution in [0.15, 0.2) is 47.4 Å². The molecule has 0 radical (unpaired) electrons. The van der Waals surface area contributed by atoms with Crippen LogP contribution in [0.3, 0.4) is 0 Å². The third-order valence-electron chi connectivity index (χ3n) is 4.99. The molecule has 0 aromatic heterocycles. The Morgan fingerprint density at radius 3 is 2.67 bits per heavy atom. The Bertz CT molecular complexity index is 1070. The zero-order chi connectivity index (χ0) is 21.9. The van der Waals surface area contributed by atoms with Crippen molar-refractivity contribution in [1.29, 1.82) is 0 Å². The summed E-state index contributed by atoms with van der Waals surface area (Å²) < 4.78 is 39.1. The summed E-state index contributed by atoms with van der Waals surface area (Å²) in [7, 11) is -3.82. The molecule has 2 amide bonds. The number of amides is 2. The zero-order valence-electron chi connectivity index (χ0n) is 16.3. The van der Waals surface area contributed by atoms with Crippen LogP contribution in [0.1, 0.15) is 29.3 Å². The fraction of sp³-hybridized carbons (Fsp3) is 0.300. The number of carbonyl (C=O) groups excluding carboxylic acids is 2. The van der Waals surface area contributed by atoms with E-state index in [0.717, 1.165) is 0 Å². The predicted molar refractivity (Wildman–Crippen MR) is 107 cm³/mol. The summed E-state index contributed by atoms with van der Waals surface area (Å²) in [5.74, 6) is -1.60. The summed E-state index contributed by atoms with van der Waals surface area (Å²) in [6.45, 7) is 2.49. The number of carbonyl (C=O) groups is 2. The minimum absolute atomic E-state index is 0.0352. The maximum atomic E-state index is 13.3. The van der Waals surface area contributed by atoms with Crippen molar-refractivity contribution in [3.05, 3.63) is 59.4 Å². The number of sulfone groups is 1. The summed E-state index contributed by atoms with van der Waals surface area (Å²) in [4.78, 5) is 25.9. The van der Waals surface area contributed by atoms with Crippen LogP contribution in [0.4, 0.5) is 10.1 Å². The lowest BCUT2D eigenvalue weighted by Crippen LogP contribution is -2.44. The highest BCUT2D eigenvalue weighted by Gasteiger charge is 2.38. The minimum atomic E-state index is -3.82. The molecule has 3 rings (SSSR count). The smallest absolute Gasteiger partial charge is 0.251 e. The molecule has 0 spiro atoms. The standard InChI is InChI=1S/C20H22FN3O5S/c1-2-24-12-16(10-19(25)23-27)30(28,29)18-7-6-14(9-17(18)24)20(26)22-11-13-4-3-5-15(21)8-13/h3-9,16,27H,2,10-12H2,1H3,(H,22,26)(H,23,25). The van der Waals surface area contributed by atoms with E-state index in [1.807, 2.05) is 6.92 Å². The highest BCUT2D eigenvalue weighted by atomic mass is 32.2. The molecule has 1 aliphatic heterocycles. The van der Waals surface area contributed by atoms with Crippen molar-refractivity contribution in [2.75, 3.05) is 18.0 Å². The van der Waals surface area contributed by atoms with E-state index >= 15 is 0 Å². The molecule has 1 unspecified atom stereocenters. The molecule has 3 N–H and O–H groups in total. The average Bonchev–Trinajstić information content (AvgIpc) is 2.73. The van der Waals surface area contributed by atoms with Crippen molar-refractivity contribution in [2.45, 2.75) is 30.0 Å². The number of rotatable bonds is 6. The summed E-state index contributed by atoms with van der Waals surface area (Å²) in [5.41, 5.74) is 2.72. The molecule has 8 nitrogen and oxygen atoms in total. The van der Waals surface area contributed by atoms with E-state index in [4.69, 9.17) is 5.21 Å². The molecule has 0 aliphatic carbocycles. The maximum absolute atomic E-state index is 13.3. The summed E-state index contributed by atoms with van der Waals surface area (Å²) in [6.07, 6.45) is -0.370. The normalized spacial score (nSPS) is 17.2. The lowest BCUT2D eigenvalue weighted by molar-refractivity contribution is -0.129. The van der Waals surface area contributed by atoms with Crippen LogP contribution in [-0.4, -0.2) is 43.8 Å². The van der Waals surface area contributed by atoms with Gasteiger partial charge in [-0.2, -0.15) is 0 Å². The first kappa shape index (κ1) is 21.7. The molecule has 0 saturated carbocycles. The lowest BCUT2D eigenvalue weighted by atomic mass is 10.1. The molecule has 1 atom stereocenters. The Kier molecular flexibility index (Phi) is 6.37. The van der Waals surface area contributed by atoms with Gasteiger partial charge in [-0.05, 0) is 42.8 Å². The van der Waals surface area contributed by atoms with Crippen molar-refractivity contribution in [3.63, 3.8) is 0 Å². The second-order valence-corrected chi connectivity index (χ2v) is 9.14. The van der Waals surface area contributed by atoms with Gasteiger partial charge in [0.1, 0.15) is 5.82 Å². The van der Waals surface area contributed by atoms with E-state index in [0.29, 0.717) is 17.8 Å². The quantitative estimate of drug-likeness (QED) is 0.469. The van der Waals surface area contributed by atoms with Crippen LogP contribution < -0.4 is 15.7 Å². The van der Waals surface area contributed by atoms with Crippen LogP contribution in [0.25, 0.3) is 0 Å². The van der Waals surface area contributed by atoms with Gasteiger partial charge in [0.25, 0.3) is 5.91 Å². The first-order chi connectivity index (χ1) is 14.3. The fourth-order valence-electron chi connectivity index (χ4n) is 3.43. The molecule has 0 fully saturated rings. The second-order valence-electron chi connectivity index (χ2n) is 6.94. The number of nitrogens with one attached hydrogen (secondary N) is 2. The second kappa shape index (κ2) is 8.80. The molecule has 1 aliphatic rings. The molecule has 0 bridgehead atoms. The van der Waals surface area contributed by atoms with Crippen LogP contribution in [0.2, 0.25) is 0 Å². The van der Waals surface area contributed by atoms with Gasteiger partial charge in [-0.1, -0.05) is 12.1 Å². The maximum Gasteiger partial charge on any atom is 0.251 e. The number of fused-ring (bicyclic) bond motifs is 1. The molecule has 2 aromatic carbocycles. The van der Waals surface area contributed by atoms with Crippen molar-refractivity contribution in [1.82, 2.24) is 10.8 Å². The molecule has 0 saturated heterocycles. The Morgan fingerprint density at radius 1 is 1.23 bits per heavy atom. The van der Waals surface area contributed by atoms with Gasteiger partial charge in [-0.3, -0.25) is 14.8 Å². The minimum Gasteiger partial charge on any atom is -0.369 e. The largest absolute Gasteiger partial charge is 0.369 e. The summed E-state index contributed by atoms with van der Waals surface area (Å²) in [6, 6.07) is 10.1. The Labute approximate surface area is 173 Å². The average molecular weight is 435 g/mol. The van der Waals surface area contributed by atoms with Gasteiger partial charge in [-0.25, -0.2) is 18.3 Å². The van der Waals surface area contributed by atoms with E-state index in [1.54, 1.807) is 17.0 Å². The molecule has 160 valence electrons. The van der Waals surface area contributed by atoms with E-state index in [1.165, 1.54) is 35.8 Å². The number of benzene rings is 2. The number of nitrogens with zero attached hydrogens (tertiary/aromatic N) is 1. The van der Waals surface area contributed by atoms with E-state index < -0.39 is 32.7 Å². The lowest BCUT2D eigenvalue weighted by Gasteiger charge is -2.35. The van der Waals surface area contributed by atoms with Gasteiger partial charge in [0, 0.05) is 31.6 Å². The number of halogens is 1. The summed E-state index contributed by atoms with van der Waals surface area (Å²) >= 11 is 0. The molecular weight excluding hydrogens is 413 g/mol. The zero-order valence-corrected chi connectivity index (χ0v) is 17.1. The Hall–Kier alpha value is -2.98. The van der Waals surface area contributed by atoms with Crippen LogP contribution in [0.5, 0.6) is 0 Å². The van der Waals surface area contributed by atoms with Crippen LogP contribution in [0, 0.1) is 5.82 Å². The Morgan fingerprint density at radius 2 is 2.00 bits per heavy atom. The van der Waals surface area contributed by atoms with E-state index in [2.05, 4.69) is 5.32 Å². The SMILES string of the molecule is CCN1CC(CC(=O)NO)S(=O)(=O)c2ccc(C(=O)NCc3cccc(F)c3)cc21. The monoisotopic (exact) mass is 435 g/mol. The van der Waals surface area contributed by atoms with Gasteiger partial charge in [0.15, 0.2) is 9.84 Å². The van der Waals surface area contributed by atoms with Gasteiger partial charge in [0.05, 0.1) is 15.8 Å². The van der Waals surface area contributed by atoms with Gasteiger partial charge in [0.2, 0.25) is 5.91 Å². The van der Waals surface area contributed by atoms with Crippen LogP contribution in [-0.2, 0) is 21.2 Å². The highest BCUT2D eigenvalue weighted by Crippen LogP contribution is 2.35. The number of anilines is 1. The first-order valence-corrected chi connectivity index (χ1v) is 10.9. The Balaban J connectivity index is 1.84. The third-order valence-corrected chi connectivity index (χ3v) is 7.14. The fourth-order valence-corrected chi connectivity index (χ4v) is 5.27. The molecule has 1 heterocycles. The molecule has 10 heteroatoms.